The van der Waals surface area contributed by atoms with Gasteiger partial charge in [0.15, 0.2) is 19.7 Å². The lowest BCUT2D eigenvalue weighted by Crippen LogP contribution is -2.46. The van der Waals surface area contributed by atoms with Crippen LogP contribution in [-0.4, -0.2) is 45.7 Å². The minimum Gasteiger partial charge on any atom is -0.309 e. The molecule has 1 aliphatic rings. The number of benzene rings is 1. The third-order valence-electron chi connectivity index (χ3n) is 3.39. The molecule has 1 heterocycles. The van der Waals surface area contributed by atoms with E-state index in [1.165, 1.54) is 12.1 Å². The highest BCUT2D eigenvalue weighted by Crippen LogP contribution is 2.26. The van der Waals surface area contributed by atoms with Gasteiger partial charge in [0.2, 0.25) is 0 Å². The summed E-state index contributed by atoms with van der Waals surface area (Å²) in [5, 5.41) is 1.96. The highest BCUT2D eigenvalue weighted by atomic mass is 32.2. The Morgan fingerprint density at radius 2 is 1.76 bits per heavy atom. The maximum absolute atomic E-state index is 12.9. The van der Waals surface area contributed by atoms with Crippen molar-refractivity contribution in [2.75, 3.05) is 11.5 Å². The molecule has 1 N–H and O–H groups in total. The van der Waals surface area contributed by atoms with Crippen molar-refractivity contribution in [1.82, 2.24) is 5.32 Å². The molecular weight excluding hydrogens is 317 g/mol. The van der Waals surface area contributed by atoms with Crippen LogP contribution in [0.2, 0.25) is 0 Å². The molecule has 2 atom stereocenters. The topological polar surface area (TPSA) is 80.3 Å². The lowest BCUT2D eigenvalue weighted by molar-refractivity contribution is 0.484. The SMILES string of the molecule is CC(C)NC1CS(=O)(=O)CC1S(=O)(=O)c1ccc(F)cc1. The van der Waals surface area contributed by atoms with Crippen LogP contribution in [0.3, 0.4) is 0 Å². The summed E-state index contributed by atoms with van der Waals surface area (Å²) in [6.07, 6.45) is 0. The molecule has 1 fully saturated rings. The molecule has 2 unspecified atom stereocenters. The van der Waals surface area contributed by atoms with Crippen LogP contribution in [0.1, 0.15) is 13.8 Å². The van der Waals surface area contributed by atoms with Crippen molar-refractivity contribution in [2.24, 2.45) is 0 Å². The second-order valence-electron chi connectivity index (χ2n) is 5.54. The smallest absolute Gasteiger partial charge is 0.183 e. The molecule has 1 saturated heterocycles. The number of nitrogens with one attached hydrogen (secondary N) is 1. The Hall–Kier alpha value is -0.990. The molecule has 0 spiro atoms. The molecule has 0 radical (unpaired) electrons. The molecule has 1 aromatic carbocycles. The number of hydrogen-bond donors (Lipinski definition) is 1. The first kappa shape index (κ1) is 16.4. The fourth-order valence-corrected chi connectivity index (χ4v) is 7.18. The molecule has 1 aliphatic heterocycles. The molecule has 0 aliphatic carbocycles. The van der Waals surface area contributed by atoms with Crippen molar-refractivity contribution in [2.45, 2.75) is 36.1 Å². The van der Waals surface area contributed by atoms with Gasteiger partial charge in [0, 0.05) is 12.1 Å². The molecule has 0 amide bonds. The van der Waals surface area contributed by atoms with Crippen LogP contribution in [0.15, 0.2) is 29.2 Å². The van der Waals surface area contributed by atoms with Gasteiger partial charge < -0.3 is 5.32 Å². The van der Waals surface area contributed by atoms with E-state index in [4.69, 9.17) is 0 Å². The van der Waals surface area contributed by atoms with Crippen LogP contribution in [0.25, 0.3) is 0 Å². The van der Waals surface area contributed by atoms with E-state index in [-0.39, 0.29) is 16.7 Å². The van der Waals surface area contributed by atoms with Crippen LogP contribution < -0.4 is 5.32 Å². The molecule has 21 heavy (non-hydrogen) atoms. The van der Waals surface area contributed by atoms with E-state index in [2.05, 4.69) is 5.32 Å². The van der Waals surface area contributed by atoms with Crippen molar-refractivity contribution in [3.05, 3.63) is 30.1 Å². The van der Waals surface area contributed by atoms with Gasteiger partial charge in [-0.3, -0.25) is 0 Å². The van der Waals surface area contributed by atoms with E-state index in [1.807, 2.05) is 13.8 Å². The van der Waals surface area contributed by atoms with Crippen LogP contribution in [0.5, 0.6) is 0 Å². The maximum Gasteiger partial charge on any atom is 0.183 e. The Balaban J connectivity index is 2.39. The van der Waals surface area contributed by atoms with Gasteiger partial charge in [-0.15, -0.1) is 0 Å². The van der Waals surface area contributed by atoms with Crippen molar-refractivity contribution in [3.63, 3.8) is 0 Å². The highest BCUT2D eigenvalue weighted by molar-refractivity contribution is 7.96. The van der Waals surface area contributed by atoms with Gasteiger partial charge in [-0.1, -0.05) is 13.8 Å². The molecule has 0 saturated carbocycles. The zero-order valence-corrected chi connectivity index (χ0v) is 13.4. The second-order valence-corrected chi connectivity index (χ2v) is 9.86. The van der Waals surface area contributed by atoms with Crippen molar-refractivity contribution in [1.29, 1.82) is 0 Å². The summed E-state index contributed by atoms with van der Waals surface area (Å²) in [6.45, 7) is 3.65. The Labute approximate surface area is 124 Å². The zero-order chi connectivity index (χ0) is 15.8. The van der Waals surface area contributed by atoms with E-state index >= 15 is 0 Å². The summed E-state index contributed by atoms with van der Waals surface area (Å²) in [6, 6.07) is 3.77. The largest absolute Gasteiger partial charge is 0.309 e. The van der Waals surface area contributed by atoms with E-state index in [0.717, 1.165) is 12.1 Å². The minimum atomic E-state index is -3.83. The lowest BCUT2D eigenvalue weighted by Gasteiger charge is -2.22. The fourth-order valence-electron chi connectivity index (χ4n) is 2.50. The van der Waals surface area contributed by atoms with Gasteiger partial charge in [0.05, 0.1) is 21.7 Å². The summed E-state index contributed by atoms with van der Waals surface area (Å²) in [7, 11) is -7.23. The molecule has 118 valence electrons. The van der Waals surface area contributed by atoms with Crippen molar-refractivity contribution >= 4 is 19.7 Å². The minimum absolute atomic E-state index is 0.0331. The third kappa shape index (κ3) is 3.61. The van der Waals surface area contributed by atoms with E-state index in [0.29, 0.717) is 0 Å². The quantitative estimate of drug-likeness (QED) is 0.822. The van der Waals surface area contributed by atoms with Gasteiger partial charge in [0.1, 0.15) is 5.82 Å². The standard InChI is InChI=1S/C13H18FNO4S2/c1-9(2)15-12-7-20(16,17)8-13(12)21(18,19)11-5-3-10(14)4-6-11/h3-6,9,12-13,15H,7-8H2,1-2H3. The summed E-state index contributed by atoms with van der Waals surface area (Å²) >= 11 is 0. The number of rotatable bonds is 4. The average molecular weight is 335 g/mol. The molecular formula is C13H18FNO4S2. The lowest BCUT2D eigenvalue weighted by atomic mass is 10.2. The summed E-state index contributed by atoms with van der Waals surface area (Å²) in [4.78, 5) is -0.0541. The predicted molar refractivity (Wildman–Crippen MR) is 78.1 cm³/mol. The Morgan fingerprint density at radius 3 is 2.29 bits per heavy atom. The molecule has 8 heteroatoms. The van der Waals surface area contributed by atoms with E-state index in [9.17, 15) is 21.2 Å². The average Bonchev–Trinajstić information content (AvgIpc) is 2.64. The van der Waals surface area contributed by atoms with Gasteiger partial charge in [0.25, 0.3) is 0 Å². The Morgan fingerprint density at radius 1 is 1.19 bits per heavy atom. The van der Waals surface area contributed by atoms with Crippen LogP contribution >= 0.6 is 0 Å². The van der Waals surface area contributed by atoms with Crippen LogP contribution in [-0.2, 0) is 19.7 Å². The van der Waals surface area contributed by atoms with Crippen LogP contribution in [0, 0.1) is 5.82 Å². The fraction of sp³-hybridized carbons (Fsp3) is 0.538. The number of halogens is 1. The van der Waals surface area contributed by atoms with Gasteiger partial charge in [-0.05, 0) is 24.3 Å². The van der Waals surface area contributed by atoms with Gasteiger partial charge >= 0.3 is 0 Å². The molecule has 0 bridgehead atoms. The summed E-state index contributed by atoms with van der Waals surface area (Å²) in [5.74, 6) is -1.14. The molecule has 0 aromatic heterocycles. The monoisotopic (exact) mass is 335 g/mol. The van der Waals surface area contributed by atoms with Crippen LogP contribution in [0.4, 0.5) is 4.39 Å². The maximum atomic E-state index is 12.9. The second kappa shape index (κ2) is 5.66. The Kier molecular flexibility index (Phi) is 4.41. The van der Waals surface area contributed by atoms with Crippen molar-refractivity contribution < 1.29 is 21.2 Å². The first-order valence-corrected chi connectivity index (χ1v) is 9.94. The molecule has 5 nitrogen and oxygen atoms in total. The first-order chi connectivity index (χ1) is 9.62. The number of hydrogen-bond acceptors (Lipinski definition) is 5. The zero-order valence-electron chi connectivity index (χ0n) is 11.8. The van der Waals surface area contributed by atoms with E-state index in [1.54, 1.807) is 0 Å². The van der Waals surface area contributed by atoms with Gasteiger partial charge in [-0.25, -0.2) is 21.2 Å². The Bertz CT molecular complexity index is 711. The number of sulfone groups is 2. The summed E-state index contributed by atoms with van der Waals surface area (Å²) < 4.78 is 61.7. The first-order valence-electron chi connectivity index (χ1n) is 6.58. The van der Waals surface area contributed by atoms with E-state index < -0.39 is 42.5 Å². The molecule has 2 rings (SSSR count). The highest BCUT2D eigenvalue weighted by Gasteiger charge is 2.45. The molecule has 1 aromatic rings. The normalized spacial score (nSPS) is 25.3. The summed E-state index contributed by atoms with van der Waals surface area (Å²) in [5.41, 5.74) is 0. The third-order valence-corrected chi connectivity index (χ3v) is 7.56. The van der Waals surface area contributed by atoms with Gasteiger partial charge in [-0.2, -0.15) is 0 Å². The van der Waals surface area contributed by atoms with Crippen molar-refractivity contribution in [3.8, 4) is 0 Å². The predicted octanol–water partition coefficient (Wildman–Crippen LogP) is 0.763.